The maximum Gasteiger partial charge on any atom is 0.255 e. The molecule has 31 heavy (non-hydrogen) atoms. The number of carbonyl (C=O) groups is 1. The van der Waals surface area contributed by atoms with Gasteiger partial charge in [-0.15, -0.1) is 0 Å². The van der Waals surface area contributed by atoms with Crippen molar-refractivity contribution in [3.05, 3.63) is 89.7 Å². The topological polar surface area (TPSA) is 75.7 Å². The van der Waals surface area contributed by atoms with Crippen LogP contribution in [0.4, 0.5) is 15.8 Å². The maximum atomic E-state index is 14.2. The van der Waals surface area contributed by atoms with Gasteiger partial charge in [-0.2, -0.15) is 0 Å². The van der Waals surface area contributed by atoms with E-state index in [9.17, 15) is 17.6 Å². The third-order valence-electron chi connectivity index (χ3n) is 4.49. The first-order valence-electron chi connectivity index (χ1n) is 9.63. The largest absolute Gasteiger partial charge is 0.494 e. The lowest BCUT2D eigenvalue weighted by Crippen LogP contribution is -2.30. The number of para-hydroxylation sites is 1. The van der Waals surface area contributed by atoms with E-state index in [1.165, 1.54) is 18.2 Å². The lowest BCUT2D eigenvalue weighted by molar-refractivity contribution is 0.102. The van der Waals surface area contributed by atoms with Crippen LogP contribution in [0.3, 0.4) is 0 Å². The molecule has 0 bridgehead atoms. The summed E-state index contributed by atoms with van der Waals surface area (Å²) in [6, 6.07) is 19.2. The van der Waals surface area contributed by atoms with Crippen molar-refractivity contribution >= 4 is 27.3 Å². The van der Waals surface area contributed by atoms with E-state index in [0.29, 0.717) is 23.4 Å². The Hall–Kier alpha value is -3.39. The quantitative estimate of drug-likeness (QED) is 0.560. The van der Waals surface area contributed by atoms with Gasteiger partial charge in [-0.3, -0.25) is 9.10 Å². The monoisotopic (exact) mass is 442 g/mol. The number of sulfonamides is 1. The molecule has 0 aliphatic rings. The highest BCUT2D eigenvalue weighted by Gasteiger charge is 2.21. The van der Waals surface area contributed by atoms with Crippen LogP contribution in [0.5, 0.6) is 5.75 Å². The molecule has 0 aromatic heterocycles. The second-order valence-electron chi connectivity index (χ2n) is 6.83. The van der Waals surface area contributed by atoms with Crippen molar-refractivity contribution in [3.63, 3.8) is 0 Å². The lowest BCUT2D eigenvalue weighted by Gasteiger charge is -2.23. The minimum absolute atomic E-state index is 0.0256. The smallest absolute Gasteiger partial charge is 0.255 e. The number of benzene rings is 3. The van der Waals surface area contributed by atoms with E-state index < -0.39 is 15.8 Å². The van der Waals surface area contributed by atoms with Crippen LogP contribution in [0.15, 0.2) is 72.8 Å². The number of nitrogens with one attached hydrogen (secondary N) is 1. The van der Waals surface area contributed by atoms with Crippen molar-refractivity contribution < 1.29 is 22.3 Å². The molecule has 1 amide bonds. The third kappa shape index (κ3) is 5.82. The van der Waals surface area contributed by atoms with E-state index in [1.54, 1.807) is 54.6 Å². The standard InChI is InChI=1S/C23H23FN2O4S/c1-3-30-20-14-12-19(13-15-20)25-23(27)18-10-8-17(9-11-18)16-26(31(2,28)29)22-7-5-4-6-21(22)24/h4-15H,3,16H2,1-2H3,(H,25,27). The van der Waals surface area contributed by atoms with Crippen LogP contribution >= 0.6 is 0 Å². The molecular formula is C23H23FN2O4S. The molecule has 0 unspecified atom stereocenters. The SMILES string of the molecule is CCOc1ccc(NC(=O)c2ccc(CN(c3ccccc3F)S(C)(=O)=O)cc2)cc1. The molecule has 3 rings (SSSR count). The Bertz CT molecular complexity index is 1150. The predicted octanol–water partition coefficient (Wildman–Crippen LogP) is 4.44. The zero-order valence-corrected chi connectivity index (χ0v) is 18.0. The van der Waals surface area contributed by atoms with Gasteiger partial charge in [0.25, 0.3) is 5.91 Å². The Kier molecular flexibility index (Phi) is 6.91. The first-order valence-corrected chi connectivity index (χ1v) is 11.5. The summed E-state index contributed by atoms with van der Waals surface area (Å²) in [5.41, 5.74) is 1.63. The highest BCUT2D eigenvalue weighted by Crippen LogP contribution is 2.24. The Morgan fingerprint density at radius 1 is 1.00 bits per heavy atom. The first kappa shape index (κ1) is 22.3. The van der Waals surface area contributed by atoms with Gasteiger partial charge >= 0.3 is 0 Å². The van der Waals surface area contributed by atoms with E-state index in [0.717, 1.165) is 16.3 Å². The zero-order valence-electron chi connectivity index (χ0n) is 17.2. The summed E-state index contributed by atoms with van der Waals surface area (Å²) >= 11 is 0. The average molecular weight is 443 g/mol. The predicted molar refractivity (Wildman–Crippen MR) is 119 cm³/mol. The molecule has 1 N–H and O–H groups in total. The number of halogens is 1. The van der Waals surface area contributed by atoms with Gasteiger partial charge in [-0.25, -0.2) is 12.8 Å². The fourth-order valence-corrected chi connectivity index (χ4v) is 3.86. The molecule has 3 aromatic carbocycles. The number of hydrogen-bond acceptors (Lipinski definition) is 4. The lowest BCUT2D eigenvalue weighted by atomic mass is 10.1. The van der Waals surface area contributed by atoms with E-state index in [-0.39, 0.29) is 18.1 Å². The van der Waals surface area contributed by atoms with Gasteiger partial charge in [0.1, 0.15) is 11.6 Å². The Morgan fingerprint density at radius 3 is 2.23 bits per heavy atom. The molecule has 0 radical (unpaired) electrons. The van der Waals surface area contributed by atoms with Crippen molar-refractivity contribution in [1.29, 1.82) is 0 Å². The molecule has 3 aromatic rings. The van der Waals surface area contributed by atoms with Gasteiger partial charge in [-0.1, -0.05) is 24.3 Å². The van der Waals surface area contributed by atoms with Crippen LogP contribution < -0.4 is 14.4 Å². The number of ether oxygens (including phenoxy) is 1. The molecule has 0 atom stereocenters. The first-order chi connectivity index (χ1) is 14.8. The number of nitrogens with zero attached hydrogens (tertiary/aromatic N) is 1. The Morgan fingerprint density at radius 2 is 1.65 bits per heavy atom. The van der Waals surface area contributed by atoms with E-state index >= 15 is 0 Å². The molecule has 0 spiro atoms. The van der Waals surface area contributed by atoms with E-state index in [1.807, 2.05) is 6.92 Å². The molecule has 0 heterocycles. The minimum atomic E-state index is -3.71. The second-order valence-corrected chi connectivity index (χ2v) is 8.74. The highest BCUT2D eigenvalue weighted by atomic mass is 32.2. The van der Waals surface area contributed by atoms with Crippen molar-refractivity contribution in [2.24, 2.45) is 0 Å². The number of rotatable bonds is 8. The summed E-state index contributed by atoms with van der Waals surface area (Å²) in [5, 5.41) is 2.79. The van der Waals surface area contributed by atoms with Crippen molar-refractivity contribution in [2.75, 3.05) is 22.5 Å². The summed E-state index contributed by atoms with van der Waals surface area (Å²) in [6.45, 7) is 2.40. The Labute approximate surface area is 181 Å². The van der Waals surface area contributed by atoms with Crippen LogP contribution in [0.2, 0.25) is 0 Å². The van der Waals surface area contributed by atoms with Crippen LogP contribution in [0, 0.1) is 5.82 Å². The molecule has 0 aliphatic heterocycles. The minimum Gasteiger partial charge on any atom is -0.494 e. The summed E-state index contributed by atoms with van der Waals surface area (Å²) < 4.78 is 45.0. The molecule has 0 saturated heterocycles. The fraction of sp³-hybridized carbons (Fsp3) is 0.174. The average Bonchev–Trinajstić information content (AvgIpc) is 2.74. The summed E-state index contributed by atoms with van der Waals surface area (Å²) in [7, 11) is -3.71. The van der Waals surface area contributed by atoms with Crippen LogP contribution in [-0.4, -0.2) is 27.2 Å². The van der Waals surface area contributed by atoms with E-state index in [4.69, 9.17) is 4.74 Å². The molecule has 0 aliphatic carbocycles. The maximum absolute atomic E-state index is 14.2. The number of carbonyl (C=O) groups excluding carboxylic acids is 1. The molecule has 0 saturated carbocycles. The van der Waals surface area contributed by atoms with Crippen molar-refractivity contribution in [1.82, 2.24) is 0 Å². The van der Waals surface area contributed by atoms with Gasteiger partial charge in [0.2, 0.25) is 10.0 Å². The van der Waals surface area contributed by atoms with Crippen LogP contribution in [0.1, 0.15) is 22.8 Å². The molecular weight excluding hydrogens is 419 g/mol. The van der Waals surface area contributed by atoms with Gasteiger partial charge in [-0.05, 0) is 61.0 Å². The Balaban J connectivity index is 1.72. The van der Waals surface area contributed by atoms with Gasteiger partial charge in [0, 0.05) is 11.3 Å². The summed E-state index contributed by atoms with van der Waals surface area (Å²) in [5.74, 6) is -0.209. The molecule has 6 nitrogen and oxygen atoms in total. The fourth-order valence-electron chi connectivity index (χ4n) is 2.97. The normalized spacial score (nSPS) is 11.1. The highest BCUT2D eigenvalue weighted by molar-refractivity contribution is 7.92. The van der Waals surface area contributed by atoms with Crippen LogP contribution in [0.25, 0.3) is 0 Å². The summed E-state index contributed by atoms with van der Waals surface area (Å²) in [4.78, 5) is 12.5. The summed E-state index contributed by atoms with van der Waals surface area (Å²) in [6.07, 6.45) is 1.03. The van der Waals surface area contributed by atoms with Gasteiger partial charge in [0.15, 0.2) is 0 Å². The third-order valence-corrected chi connectivity index (χ3v) is 5.61. The van der Waals surface area contributed by atoms with Gasteiger partial charge in [0.05, 0.1) is 25.1 Å². The van der Waals surface area contributed by atoms with Crippen molar-refractivity contribution in [3.8, 4) is 5.75 Å². The molecule has 8 heteroatoms. The number of anilines is 2. The van der Waals surface area contributed by atoms with Gasteiger partial charge < -0.3 is 10.1 Å². The van der Waals surface area contributed by atoms with Crippen molar-refractivity contribution in [2.45, 2.75) is 13.5 Å². The number of amides is 1. The second kappa shape index (κ2) is 9.61. The molecule has 162 valence electrons. The van der Waals surface area contributed by atoms with Crippen LogP contribution in [-0.2, 0) is 16.6 Å². The zero-order chi connectivity index (χ0) is 22.4. The van der Waals surface area contributed by atoms with E-state index in [2.05, 4.69) is 5.32 Å². The number of hydrogen-bond donors (Lipinski definition) is 1. The molecule has 0 fully saturated rings.